The van der Waals surface area contributed by atoms with Crippen molar-refractivity contribution in [2.75, 3.05) is 0 Å². The first-order valence-corrected chi connectivity index (χ1v) is 10.3. The minimum atomic E-state index is -0.373. The van der Waals surface area contributed by atoms with Crippen molar-refractivity contribution in [1.82, 2.24) is 0 Å². The number of thiophene rings is 1. The van der Waals surface area contributed by atoms with Gasteiger partial charge in [-0.1, -0.05) is 35.3 Å². The number of halogens is 2. The summed E-state index contributed by atoms with van der Waals surface area (Å²) in [5.41, 5.74) is 1.81. The second-order valence-corrected chi connectivity index (χ2v) is 8.30. The Morgan fingerprint density at radius 3 is 2.72 bits per heavy atom. The third-order valence-corrected chi connectivity index (χ3v) is 5.93. The van der Waals surface area contributed by atoms with E-state index in [1.54, 1.807) is 43.3 Å². The van der Waals surface area contributed by atoms with E-state index < -0.39 is 0 Å². The molecule has 0 amide bonds. The molecule has 29 heavy (non-hydrogen) atoms. The van der Waals surface area contributed by atoms with Crippen LogP contribution in [-0.4, -0.2) is 11.8 Å². The maximum Gasteiger partial charge on any atom is 0.316 e. The van der Waals surface area contributed by atoms with Crippen LogP contribution >= 0.6 is 34.5 Å². The Balaban J connectivity index is 1.57. The van der Waals surface area contributed by atoms with E-state index in [1.807, 2.05) is 17.5 Å². The van der Waals surface area contributed by atoms with Gasteiger partial charge >= 0.3 is 5.97 Å². The van der Waals surface area contributed by atoms with Crippen molar-refractivity contribution in [3.05, 3.63) is 85.2 Å². The zero-order chi connectivity index (χ0) is 20.5. The smallest absolute Gasteiger partial charge is 0.316 e. The average molecular weight is 445 g/mol. The van der Waals surface area contributed by atoms with Crippen LogP contribution in [0.5, 0.6) is 11.5 Å². The van der Waals surface area contributed by atoms with Crippen LogP contribution in [0, 0.1) is 6.92 Å². The Bertz CT molecular complexity index is 1150. The second-order valence-electron chi connectivity index (χ2n) is 6.46. The second kappa shape index (κ2) is 8.03. The number of hydrogen-bond acceptors (Lipinski definition) is 5. The third-order valence-electron chi connectivity index (χ3n) is 4.32. The third kappa shape index (κ3) is 4.22. The normalized spacial score (nSPS) is 14.0. The zero-order valence-corrected chi connectivity index (χ0v) is 17.5. The van der Waals surface area contributed by atoms with E-state index in [0.717, 1.165) is 4.88 Å². The Morgan fingerprint density at radius 1 is 1.17 bits per heavy atom. The Hall–Kier alpha value is -2.60. The minimum Gasteiger partial charge on any atom is -0.452 e. The number of fused-ring (bicyclic) bond motifs is 1. The van der Waals surface area contributed by atoms with Gasteiger partial charge in [0, 0.05) is 10.9 Å². The van der Waals surface area contributed by atoms with Gasteiger partial charge in [-0.25, -0.2) is 0 Å². The molecule has 0 saturated heterocycles. The molecule has 0 N–H and O–H groups in total. The topological polar surface area (TPSA) is 52.6 Å². The first kappa shape index (κ1) is 19.7. The van der Waals surface area contributed by atoms with Crippen LogP contribution in [0.4, 0.5) is 0 Å². The van der Waals surface area contributed by atoms with Crippen molar-refractivity contribution in [1.29, 1.82) is 0 Å². The molecule has 1 aromatic heterocycles. The molecule has 4 nitrogen and oxygen atoms in total. The van der Waals surface area contributed by atoms with Crippen molar-refractivity contribution in [2.24, 2.45) is 0 Å². The standard InChI is InChI=1S/C22H14Cl2O4S/c1-12-7-14(27-20(25)11-15-3-2-6-29-15)10-18-21(12)22(26)19(28-18)9-13-4-5-16(23)17(24)8-13/h2-10H,11H2,1H3/b19-9-. The van der Waals surface area contributed by atoms with Crippen LogP contribution in [0.15, 0.2) is 53.6 Å². The summed E-state index contributed by atoms with van der Waals surface area (Å²) in [5, 5.41) is 2.73. The predicted molar refractivity (Wildman–Crippen MR) is 114 cm³/mol. The van der Waals surface area contributed by atoms with E-state index in [-0.39, 0.29) is 23.9 Å². The van der Waals surface area contributed by atoms with Gasteiger partial charge in [0.25, 0.3) is 0 Å². The lowest BCUT2D eigenvalue weighted by molar-refractivity contribution is -0.133. The van der Waals surface area contributed by atoms with Crippen LogP contribution in [0.25, 0.3) is 6.08 Å². The number of Topliss-reactive ketones (excluding diaryl/α,β-unsaturated/α-hetero) is 1. The number of ketones is 1. The fourth-order valence-corrected chi connectivity index (χ4v) is 4.01. The number of rotatable bonds is 4. The molecule has 7 heteroatoms. The lowest BCUT2D eigenvalue weighted by Gasteiger charge is -2.07. The molecule has 0 spiro atoms. The molecule has 2 heterocycles. The minimum absolute atomic E-state index is 0.170. The van der Waals surface area contributed by atoms with Crippen LogP contribution in [0.1, 0.15) is 26.4 Å². The predicted octanol–water partition coefficient (Wildman–Crippen LogP) is 6.13. The lowest BCUT2D eigenvalue weighted by atomic mass is 10.0. The van der Waals surface area contributed by atoms with E-state index in [2.05, 4.69) is 0 Å². The lowest BCUT2D eigenvalue weighted by Crippen LogP contribution is -2.10. The Labute approximate surface area is 181 Å². The van der Waals surface area contributed by atoms with Gasteiger partial charge in [-0.15, -0.1) is 11.3 Å². The number of benzene rings is 2. The van der Waals surface area contributed by atoms with Gasteiger partial charge in [0.1, 0.15) is 11.5 Å². The molecule has 2 aromatic carbocycles. The molecule has 1 aliphatic heterocycles. The molecule has 0 radical (unpaired) electrons. The molecule has 0 atom stereocenters. The summed E-state index contributed by atoms with van der Waals surface area (Å²) in [7, 11) is 0. The van der Waals surface area contributed by atoms with Gasteiger partial charge < -0.3 is 9.47 Å². The molecular weight excluding hydrogens is 431 g/mol. The van der Waals surface area contributed by atoms with Gasteiger partial charge in [-0.3, -0.25) is 9.59 Å². The number of aryl methyl sites for hydroxylation is 1. The molecule has 0 unspecified atom stereocenters. The molecule has 0 saturated carbocycles. The number of hydrogen-bond donors (Lipinski definition) is 0. The average Bonchev–Trinajstić information content (AvgIpc) is 3.26. The molecule has 3 aromatic rings. The van der Waals surface area contributed by atoms with Crippen molar-refractivity contribution in [3.63, 3.8) is 0 Å². The fourth-order valence-electron chi connectivity index (χ4n) is 3.01. The Morgan fingerprint density at radius 2 is 2.00 bits per heavy atom. The summed E-state index contributed by atoms with van der Waals surface area (Å²) in [4.78, 5) is 25.8. The van der Waals surface area contributed by atoms with Crippen LogP contribution in [0.3, 0.4) is 0 Å². The summed E-state index contributed by atoms with van der Waals surface area (Å²) in [6, 6.07) is 12.0. The van der Waals surface area contributed by atoms with E-state index in [1.165, 1.54) is 11.3 Å². The summed E-state index contributed by atoms with van der Waals surface area (Å²) < 4.78 is 11.2. The van der Waals surface area contributed by atoms with Crippen molar-refractivity contribution in [3.8, 4) is 11.5 Å². The number of esters is 1. The maximum absolute atomic E-state index is 12.8. The SMILES string of the molecule is Cc1cc(OC(=O)Cc2cccs2)cc2c1C(=O)/C(=C/c1ccc(Cl)c(Cl)c1)O2. The van der Waals surface area contributed by atoms with Crippen LogP contribution < -0.4 is 9.47 Å². The molecule has 0 fully saturated rings. The molecule has 146 valence electrons. The van der Waals surface area contributed by atoms with E-state index >= 15 is 0 Å². The van der Waals surface area contributed by atoms with Gasteiger partial charge in [0.05, 0.1) is 22.0 Å². The molecule has 0 bridgehead atoms. The van der Waals surface area contributed by atoms with Gasteiger partial charge in [-0.2, -0.15) is 0 Å². The Kier molecular flexibility index (Phi) is 5.46. The van der Waals surface area contributed by atoms with Gasteiger partial charge in [0.2, 0.25) is 5.78 Å². The first-order chi connectivity index (χ1) is 13.9. The summed E-state index contributed by atoms with van der Waals surface area (Å²) >= 11 is 13.5. The van der Waals surface area contributed by atoms with Gasteiger partial charge in [0.15, 0.2) is 5.76 Å². The highest BCUT2D eigenvalue weighted by Crippen LogP contribution is 2.38. The number of allylic oxidation sites excluding steroid dienone is 1. The summed E-state index contributed by atoms with van der Waals surface area (Å²) in [6.45, 7) is 1.78. The molecule has 4 rings (SSSR count). The molecule has 1 aliphatic rings. The fraction of sp³-hybridized carbons (Fsp3) is 0.0909. The molecular formula is C22H14Cl2O4S. The number of ether oxygens (including phenoxy) is 2. The van der Waals surface area contributed by atoms with Crippen molar-refractivity contribution in [2.45, 2.75) is 13.3 Å². The zero-order valence-electron chi connectivity index (χ0n) is 15.2. The summed E-state index contributed by atoms with van der Waals surface area (Å²) in [6.07, 6.45) is 1.79. The monoisotopic (exact) mass is 444 g/mol. The van der Waals surface area contributed by atoms with E-state index in [9.17, 15) is 9.59 Å². The number of carbonyl (C=O) groups is 2. The van der Waals surface area contributed by atoms with Crippen molar-refractivity contribution < 1.29 is 19.1 Å². The van der Waals surface area contributed by atoms with Gasteiger partial charge in [-0.05, 0) is 53.8 Å². The van der Waals surface area contributed by atoms with Crippen LogP contribution in [0.2, 0.25) is 10.0 Å². The summed E-state index contributed by atoms with van der Waals surface area (Å²) in [5.74, 6) is 0.262. The first-order valence-electron chi connectivity index (χ1n) is 8.68. The van der Waals surface area contributed by atoms with E-state index in [4.69, 9.17) is 32.7 Å². The number of carbonyl (C=O) groups excluding carboxylic acids is 2. The molecule has 0 aliphatic carbocycles. The maximum atomic E-state index is 12.8. The van der Waals surface area contributed by atoms with E-state index in [0.29, 0.717) is 38.2 Å². The highest BCUT2D eigenvalue weighted by Gasteiger charge is 2.30. The van der Waals surface area contributed by atoms with Crippen molar-refractivity contribution >= 4 is 52.4 Å². The largest absolute Gasteiger partial charge is 0.452 e. The highest BCUT2D eigenvalue weighted by molar-refractivity contribution is 7.10. The quantitative estimate of drug-likeness (QED) is 0.276. The highest BCUT2D eigenvalue weighted by atomic mass is 35.5. The van der Waals surface area contributed by atoms with Crippen LogP contribution in [-0.2, 0) is 11.2 Å².